The van der Waals surface area contributed by atoms with Crippen LogP contribution in [0.25, 0.3) is 0 Å². The molecule has 0 aromatic rings. The van der Waals surface area contributed by atoms with Gasteiger partial charge in [-0.1, -0.05) is 20.8 Å². The SMILES string of the molecule is COC(=O)O[C@H]1C=C(CO[Si](C)(C)C(C)(C)C)[C@@H]2OC(C)(C)O[C@H]12. The fourth-order valence-electron chi connectivity index (χ4n) is 2.59. The minimum absolute atomic E-state index is 0.125. The van der Waals surface area contributed by atoms with E-state index in [1.165, 1.54) is 7.11 Å². The number of fused-ring (bicyclic) bond motifs is 1. The molecule has 24 heavy (non-hydrogen) atoms. The first-order valence-corrected chi connectivity index (χ1v) is 11.2. The van der Waals surface area contributed by atoms with Crippen LogP contribution in [0.5, 0.6) is 0 Å². The van der Waals surface area contributed by atoms with Crippen molar-refractivity contribution < 1.29 is 28.2 Å². The Bertz CT molecular complexity index is 520. The van der Waals surface area contributed by atoms with Crippen molar-refractivity contribution in [3.63, 3.8) is 0 Å². The van der Waals surface area contributed by atoms with Gasteiger partial charge in [0.05, 0.1) is 13.7 Å². The summed E-state index contributed by atoms with van der Waals surface area (Å²) in [6, 6.07) is 0. The summed E-state index contributed by atoms with van der Waals surface area (Å²) in [6.45, 7) is 15.2. The Kier molecular flexibility index (Phi) is 5.21. The molecule has 0 amide bonds. The average molecular weight is 359 g/mol. The Morgan fingerprint density at radius 2 is 1.92 bits per heavy atom. The molecule has 1 heterocycles. The van der Waals surface area contributed by atoms with Crippen molar-refractivity contribution in [2.75, 3.05) is 13.7 Å². The quantitative estimate of drug-likeness (QED) is 0.434. The standard InChI is InChI=1S/C17H30O6Si/c1-16(2,3)24(7,8)20-10-11-9-12(21-15(18)19-6)14-13(11)22-17(4,5)23-14/h9,12-14H,10H2,1-8H3/t12-,13-,14+/m0/s1. The highest BCUT2D eigenvalue weighted by Crippen LogP contribution is 2.41. The summed E-state index contributed by atoms with van der Waals surface area (Å²) in [4.78, 5) is 11.5. The molecule has 0 bridgehead atoms. The third kappa shape index (κ3) is 4.01. The smallest absolute Gasteiger partial charge is 0.438 e. The number of carbonyl (C=O) groups is 1. The molecular formula is C17H30O6Si. The maximum Gasteiger partial charge on any atom is 0.508 e. The average Bonchev–Trinajstić information content (AvgIpc) is 2.90. The second-order valence-corrected chi connectivity index (χ2v) is 13.2. The molecule has 0 aromatic carbocycles. The fourth-order valence-corrected chi connectivity index (χ4v) is 3.55. The Morgan fingerprint density at radius 3 is 2.46 bits per heavy atom. The van der Waals surface area contributed by atoms with Crippen LogP contribution in [0.3, 0.4) is 0 Å². The van der Waals surface area contributed by atoms with Crippen LogP contribution in [-0.2, 0) is 23.4 Å². The molecule has 0 unspecified atom stereocenters. The third-order valence-corrected chi connectivity index (χ3v) is 9.48. The molecule has 2 rings (SSSR count). The topological polar surface area (TPSA) is 63.2 Å². The van der Waals surface area contributed by atoms with Crippen LogP contribution in [0.4, 0.5) is 4.79 Å². The third-order valence-electron chi connectivity index (χ3n) is 5.00. The summed E-state index contributed by atoms with van der Waals surface area (Å²) in [5.74, 6) is -0.719. The first kappa shape index (κ1) is 19.4. The number of rotatable bonds is 4. The van der Waals surface area contributed by atoms with E-state index in [0.29, 0.717) is 6.61 Å². The van der Waals surface area contributed by atoms with Crippen molar-refractivity contribution in [2.24, 2.45) is 0 Å². The number of hydrogen-bond donors (Lipinski definition) is 0. The van der Waals surface area contributed by atoms with E-state index in [9.17, 15) is 4.79 Å². The maximum atomic E-state index is 11.5. The first-order chi connectivity index (χ1) is 10.9. The van der Waals surface area contributed by atoms with Crippen molar-refractivity contribution in [3.8, 4) is 0 Å². The van der Waals surface area contributed by atoms with Crippen molar-refractivity contribution in [2.45, 2.75) is 76.8 Å². The summed E-state index contributed by atoms with van der Waals surface area (Å²) >= 11 is 0. The molecule has 3 atom stereocenters. The number of ether oxygens (including phenoxy) is 4. The molecule has 138 valence electrons. The summed E-state index contributed by atoms with van der Waals surface area (Å²) < 4.78 is 28.1. The highest BCUT2D eigenvalue weighted by Gasteiger charge is 2.52. The summed E-state index contributed by atoms with van der Waals surface area (Å²) in [5.41, 5.74) is 0.962. The normalized spacial score (nSPS) is 29.2. The molecule has 0 spiro atoms. The molecule has 6 nitrogen and oxygen atoms in total. The van der Waals surface area contributed by atoms with Crippen LogP contribution >= 0.6 is 0 Å². The molecular weight excluding hydrogens is 328 g/mol. The fraction of sp³-hybridized carbons (Fsp3) is 0.824. The van der Waals surface area contributed by atoms with E-state index in [2.05, 4.69) is 38.6 Å². The van der Waals surface area contributed by atoms with Gasteiger partial charge in [-0.2, -0.15) is 0 Å². The Hall–Kier alpha value is -0.893. The zero-order valence-electron chi connectivity index (χ0n) is 16.0. The van der Waals surface area contributed by atoms with Crippen LogP contribution in [0, 0.1) is 0 Å². The molecule has 1 aliphatic heterocycles. The van der Waals surface area contributed by atoms with Crippen LogP contribution in [0.15, 0.2) is 11.6 Å². The van der Waals surface area contributed by atoms with Gasteiger partial charge in [0.15, 0.2) is 20.2 Å². The molecule has 7 heteroatoms. The van der Waals surface area contributed by atoms with Crippen LogP contribution in [0.2, 0.25) is 18.1 Å². The lowest BCUT2D eigenvalue weighted by Gasteiger charge is -2.36. The van der Waals surface area contributed by atoms with E-state index < -0.39 is 26.4 Å². The largest absolute Gasteiger partial charge is 0.508 e. The Morgan fingerprint density at radius 1 is 1.29 bits per heavy atom. The monoisotopic (exact) mass is 358 g/mol. The predicted octanol–water partition coefficient (Wildman–Crippen LogP) is 3.62. The van der Waals surface area contributed by atoms with E-state index in [0.717, 1.165) is 5.57 Å². The van der Waals surface area contributed by atoms with Crippen molar-refractivity contribution >= 4 is 14.5 Å². The minimum Gasteiger partial charge on any atom is -0.438 e. The zero-order valence-corrected chi connectivity index (χ0v) is 17.0. The van der Waals surface area contributed by atoms with Crippen molar-refractivity contribution in [1.82, 2.24) is 0 Å². The number of methoxy groups -OCH3 is 1. The van der Waals surface area contributed by atoms with Gasteiger partial charge in [0.1, 0.15) is 12.2 Å². The highest BCUT2D eigenvalue weighted by atomic mass is 28.4. The predicted molar refractivity (Wildman–Crippen MR) is 92.3 cm³/mol. The van der Waals surface area contributed by atoms with Crippen molar-refractivity contribution in [1.29, 1.82) is 0 Å². The Balaban J connectivity index is 2.12. The van der Waals surface area contributed by atoms with Gasteiger partial charge in [0.2, 0.25) is 0 Å². The van der Waals surface area contributed by atoms with Gasteiger partial charge in [-0.3, -0.25) is 0 Å². The summed E-state index contributed by atoms with van der Waals surface area (Å²) in [5, 5.41) is 0.125. The Labute approximate surface area is 145 Å². The van der Waals surface area contributed by atoms with Gasteiger partial charge in [0, 0.05) is 0 Å². The van der Waals surface area contributed by atoms with E-state index >= 15 is 0 Å². The lowest BCUT2D eigenvalue weighted by atomic mass is 10.1. The van der Waals surface area contributed by atoms with Crippen molar-refractivity contribution in [3.05, 3.63) is 11.6 Å². The van der Waals surface area contributed by atoms with E-state index in [1.807, 2.05) is 19.9 Å². The summed E-state index contributed by atoms with van der Waals surface area (Å²) in [7, 11) is -0.595. The molecule has 1 aliphatic carbocycles. The number of hydrogen-bond acceptors (Lipinski definition) is 6. The van der Waals surface area contributed by atoms with Gasteiger partial charge in [-0.15, -0.1) is 0 Å². The second-order valence-electron chi connectivity index (χ2n) is 8.35. The van der Waals surface area contributed by atoms with Gasteiger partial charge >= 0.3 is 6.16 Å². The van der Waals surface area contributed by atoms with E-state index in [1.54, 1.807) is 0 Å². The van der Waals surface area contributed by atoms with Gasteiger partial charge in [0.25, 0.3) is 0 Å². The molecule has 0 radical (unpaired) electrons. The van der Waals surface area contributed by atoms with Gasteiger partial charge in [-0.05, 0) is 43.6 Å². The lowest BCUT2D eigenvalue weighted by Crippen LogP contribution is -2.42. The van der Waals surface area contributed by atoms with Crippen LogP contribution in [0.1, 0.15) is 34.6 Å². The molecule has 0 aromatic heterocycles. The zero-order chi connectivity index (χ0) is 18.3. The van der Waals surface area contributed by atoms with Gasteiger partial charge < -0.3 is 23.4 Å². The molecule has 1 fully saturated rings. The maximum absolute atomic E-state index is 11.5. The van der Waals surface area contributed by atoms with Gasteiger partial charge in [-0.25, -0.2) is 4.79 Å². The van der Waals surface area contributed by atoms with E-state index in [4.69, 9.17) is 18.6 Å². The van der Waals surface area contributed by atoms with Crippen LogP contribution < -0.4 is 0 Å². The minimum atomic E-state index is -1.88. The highest BCUT2D eigenvalue weighted by molar-refractivity contribution is 6.74. The second kappa shape index (κ2) is 6.44. The lowest BCUT2D eigenvalue weighted by molar-refractivity contribution is -0.154. The molecule has 2 aliphatic rings. The van der Waals surface area contributed by atoms with Crippen LogP contribution in [-0.4, -0.2) is 52.3 Å². The molecule has 1 saturated heterocycles. The first-order valence-electron chi connectivity index (χ1n) is 8.31. The molecule has 0 N–H and O–H groups in total. The number of carbonyl (C=O) groups excluding carboxylic acids is 1. The van der Waals surface area contributed by atoms with E-state index in [-0.39, 0.29) is 17.2 Å². The summed E-state index contributed by atoms with van der Waals surface area (Å²) in [6.07, 6.45) is -0.0112. The molecule has 0 saturated carbocycles.